The molecule has 112 valence electrons. The average molecular weight is 298 g/mol. The molecular weight excluding hydrogens is 284 g/mol. The van der Waals surface area contributed by atoms with Crippen molar-refractivity contribution >= 4 is 0 Å². The lowest BCUT2D eigenvalue weighted by Crippen LogP contribution is -2.08. The van der Waals surface area contributed by atoms with Gasteiger partial charge in [-0.15, -0.1) is 0 Å². The van der Waals surface area contributed by atoms with Gasteiger partial charge in [-0.25, -0.2) is 4.39 Å². The first-order valence-corrected chi connectivity index (χ1v) is 6.37. The molecule has 0 aromatic heterocycles. The molecule has 0 amide bonds. The number of aliphatic hydroxyl groups excluding tert-OH is 1. The second-order valence-corrected chi connectivity index (χ2v) is 4.94. The van der Waals surface area contributed by atoms with Gasteiger partial charge in [-0.05, 0) is 24.6 Å². The van der Waals surface area contributed by atoms with Crippen molar-refractivity contribution in [1.82, 2.24) is 0 Å². The van der Waals surface area contributed by atoms with Crippen molar-refractivity contribution in [3.05, 3.63) is 70.5 Å². The van der Waals surface area contributed by atoms with E-state index in [-0.39, 0.29) is 12.0 Å². The third-order valence-electron chi connectivity index (χ3n) is 3.19. The van der Waals surface area contributed by atoms with Gasteiger partial charge < -0.3 is 5.11 Å². The minimum atomic E-state index is -4.43. The summed E-state index contributed by atoms with van der Waals surface area (Å²) in [6.45, 7) is 1.75. The molecule has 1 unspecified atom stereocenters. The Morgan fingerprint density at radius 3 is 2.48 bits per heavy atom. The smallest absolute Gasteiger partial charge is 0.388 e. The minimum Gasteiger partial charge on any atom is -0.388 e. The summed E-state index contributed by atoms with van der Waals surface area (Å²) in [5, 5.41) is 10.1. The van der Waals surface area contributed by atoms with E-state index in [0.29, 0.717) is 5.56 Å². The standard InChI is InChI=1S/C16H14F4O/c1-10-5-6-14(17)13(7-10)15(21)9-11-3-2-4-12(8-11)16(18,19)20/h2-8,15,21H,9H2,1H3. The molecular formula is C16H14F4O. The van der Waals surface area contributed by atoms with Gasteiger partial charge in [0.2, 0.25) is 0 Å². The molecule has 5 heteroatoms. The summed E-state index contributed by atoms with van der Waals surface area (Å²) in [6, 6.07) is 8.98. The van der Waals surface area contributed by atoms with Gasteiger partial charge in [-0.2, -0.15) is 13.2 Å². The first kappa shape index (κ1) is 15.5. The highest BCUT2D eigenvalue weighted by atomic mass is 19.4. The molecule has 0 radical (unpaired) electrons. The largest absolute Gasteiger partial charge is 0.416 e. The van der Waals surface area contributed by atoms with Crippen molar-refractivity contribution in [3.8, 4) is 0 Å². The van der Waals surface area contributed by atoms with E-state index in [2.05, 4.69) is 0 Å². The Balaban J connectivity index is 2.23. The van der Waals surface area contributed by atoms with Crippen LogP contribution in [0, 0.1) is 12.7 Å². The fourth-order valence-electron chi connectivity index (χ4n) is 2.13. The molecule has 21 heavy (non-hydrogen) atoms. The lowest BCUT2D eigenvalue weighted by Gasteiger charge is -2.14. The number of benzene rings is 2. The Bertz CT molecular complexity index is 634. The van der Waals surface area contributed by atoms with Gasteiger partial charge in [0.15, 0.2) is 0 Å². The zero-order valence-electron chi connectivity index (χ0n) is 11.3. The fraction of sp³-hybridized carbons (Fsp3) is 0.250. The summed E-state index contributed by atoms with van der Waals surface area (Å²) in [5.41, 5.74) is 0.386. The van der Waals surface area contributed by atoms with Crippen molar-refractivity contribution in [3.63, 3.8) is 0 Å². The molecule has 2 aromatic rings. The van der Waals surface area contributed by atoms with Gasteiger partial charge in [0.25, 0.3) is 0 Å². The van der Waals surface area contributed by atoms with Crippen molar-refractivity contribution in [2.24, 2.45) is 0 Å². The molecule has 0 heterocycles. The predicted molar refractivity (Wildman–Crippen MR) is 71.2 cm³/mol. The zero-order valence-corrected chi connectivity index (χ0v) is 11.3. The Kier molecular flexibility index (Phi) is 4.32. The van der Waals surface area contributed by atoms with Gasteiger partial charge in [0.05, 0.1) is 11.7 Å². The van der Waals surface area contributed by atoms with Crippen LogP contribution in [0.1, 0.15) is 28.4 Å². The van der Waals surface area contributed by atoms with Crippen LogP contribution in [0.15, 0.2) is 42.5 Å². The number of aliphatic hydroxyl groups is 1. The average Bonchev–Trinajstić information content (AvgIpc) is 2.41. The summed E-state index contributed by atoms with van der Waals surface area (Å²) < 4.78 is 51.5. The van der Waals surface area contributed by atoms with Crippen LogP contribution in [0.25, 0.3) is 0 Å². The maximum Gasteiger partial charge on any atom is 0.416 e. The highest BCUT2D eigenvalue weighted by Gasteiger charge is 2.30. The van der Waals surface area contributed by atoms with E-state index >= 15 is 0 Å². The summed E-state index contributed by atoms with van der Waals surface area (Å²) >= 11 is 0. The Morgan fingerprint density at radius 2 is 1.81 bits per heavy atom. The molecule has 0 bridgehead atoms. The number of hydrogen-bond acceptors (Lipinski definition) is 1. The van der Waals surface area contributed by atoms with E-state index in [4.69, 9.17) is 0 Å². The molecule has 0 aliphatic carbocycles. The predicted octanol–water partition coefficient (Wildman–Crippen LogP) is 4.43. The Morgan fingerprint density at radius 1 is 1.10 bits per heavy atom. The van der Waals surface area contributed by atoms with Crippen LogP contribution in [0.2, 0.25) is 0 Å². The monoisotopic (exact) mass is 298 g/mol. The second kappa shape index (κ2) is 5.85. The third-order valence-corrected chi connectivity index (χ3v) is 3.19. The fourth-order valence-corrected chi connectivity index (χ4v) is 2.13. The van der Waals surface area contributed by atoms with E-state index < -0.39 is 23.7 Å². The zero-order chi connectivity index (χ0) is 15.6. The summed E-state index contributed by atoms with van der Waals surface area (Å²) in [6.07, 6.45) is -5.70. The SMILES string of the molecule is Cc1ccc(F)c(C(O)Cc2cccc(C(F)(F)F)c2)c1. The molecule has 0 saturated carbocycles. The summed E-state index contributed by atoms with van der Waals surface area (Å²) in [7, 11) is 0. The third kappa shape index (κ3) is 3.82. The van der Waals surface area contributed by atoms with Crippen LogP contribution < -0.4 is 0 Å². The van der Waals surface area contributed by atoms with Gasteiger partial charge >= 0.3 is 6.18 Å². The van der Waals surface area contributed by atoms with E-state index in [1.807, 2.05) is 0 Å². The van der Waals surface area contributed by atoms with Gasteiger partial charge in [0, 0.05) is 12.0 Å². The minimum absolute atomic E-state index is 0.0791. The molecule has 0 saturated heterocycles. The van der Waals surface area contributed by atoms with Crippen molar-refractivity contribution in [2.45, 2.75) is 25.6 Å². The van der Waals surface area contributed by atoms with Crippen LogP contribution >= 0.6 is 0 Å². The maximum absolute atomic E-state index is 13.7. The highest BCUT2D eigenvalue weighted by Crippen LogP contribution is 2.30. The molecule has 1 nitrogen and oxygen atoms in total. The van der Waals surface area contributed by atoms with E-state index in [0.717, 1.165) is 17.7 Å². The molecule has 2 rings (SSSR count). The lowest BCUT2D eigenvalue weighted by atomic mass is 9.98. The molecule has 2 aromatic carbocycles. The maximum atomic E-state index is 13.7. The number of hydrogen-bond donors (Lipinski definition) is 1. The summed E-state index contributed by atoms with van der Waals surface area (Å²) in [4.78, 5) is 0. The van der Waals surface area contributed by atoms with Crippen LogP contribution in [0.3, 0.4) is 0 Å². The van der Waals surface area contributed by atoms with Gasteiger partial charge in [0.1, 0.15) is 5.82 Å². The Labute approximate surface area is 119 Å². The number of rotatable bonds is 3. The van der Waals surface area contributed by atoms with Crippen LogP contribution in [-0.2, 0) is 12.6 Å². The molecule has 1 N–H and O–H groups in total. The second-order valence-electron chi connectivity index (χ2n) is 4.94. The molecule has 0 aliphatic heterocycles. The van der Waals surface area contributed by atoms with Crippen molar-refractivity contribution in [1.29, 1.82) is 0 Å². The van der Waals surface area contributed by atoms with E-state index in [9.17, 15) is 22.7 Å². The number of halogens is 4. The lowest BCUT2D eigenvalue weighted by molar-refractivity contribution is -0.137. The molecule has 0 spiro atoms. The Hall–Kier alpha value is -1.88. The van der Waals surface area contributed by atoms with E-state index in [1.54, 1.807) is 13.0 Å². The number of alkyl halides is 3. The van der Waals surface area contributed by atoms with Crippen molar-refractivity contribution in [2.75, 3.05) is 0 Å². The topological polar surface area (TPSA) is 20.2 Å². The molecule has 0 aliphatic rings. The first-order chi connectivity index (χ1) is 9.77. The van der Waals surface area contributed by atoms with Crippen LogP contribution in [-0.4, -0.2) is 5.11 Å². The van der Waals surface area contributed by atoms with Gasteiger partial charge in [-0.3, -0.25) is 0 Å². The van der Waals surface area contributed by atoms with Gasteiger partial charge in [-0.1, -0.05) is 35.9 Å². The van der Waals surface area contributed by atoms with E-state index in [1.165, 1.54) is 24.3 Å². The molecule has 0 fully saturated rings. The normalized spacial score (nSPS) is 13.2. The quantitative estimate of drug-likeness (QED) is 0.831. The highest BCUT2D eigenvalue weighted by molar-refractivity contribution is 5.30. The van der Waals surface area contributed by atoms with Crippen molar-refractivity contribution < 1.29 is 22.7 Å². The van der Waals surface area contributed by atoms with Crippen LogP contribution in [0.5, 0.6) is 0 Å². The number of aryl methyl sites for hydroxylation is 1. The first-order valence-electron chi connectivity index (χ1n) is 6.37. The van der Waals surface area contributed by atoms with Crippen LogP contribution in [0.4, 0.5) is 17.6 Å². The molecule has 1 atom stereocenters. The summed E-state index contributed by atoms with van der Waals surface area (Å²) in [5.74, 6) is -0.569.